The molecule has 0 unspecified atom stereocenters. The molecule has 0 aliphatic carbocycles. The topological polar surface area (TPSA) is 38.8 Å². The molecule has 26 heavy (non-hydrogen) atoms. The van der Waals surface area contributed by atoms with Crippen LogP contribution in [0.3, 0.4) is 0 Å². The first kappa shape index (κ1) is 23.5. The summed E-state index contributed by atoms with van der Waals surface area (Å²) in [7, 11) is 0. The van der Waals surface area contributed by atoms with E-state index in [4.69, 9.17) is 0 Å². The van der Waals surface area contributed by atoms with E-state index in [0.29, 0.717) is 17.3 Å². The van der Waals surface area contributed by atoms with Gasteiger partial charge in [0.15, 0.2) is 0 Å². The number of morpholine rings is 1. The number of hydrogen-bond acceptors (Lipinski definition) is 4. The van der Waals surface area contributed by atoms with E-state index in [2.05, 4.69) is 4.74 Å². The second-order valence-corrected chi connectivity index (χ2v) is 6.06. The fourth-order valence-corrected chi connectivity index (χ4v) is 2.33. The van der Waals surface area contributed by atoms with Gasteiger partial charge in [-0.15, -0.1) is 0 Å². The first-order chi connectivity index (χ1) is 11.6. The first-order valence-electron chi connectivity index (χ1n) is 6.68. The molecule has 1 aliphatic rings. The summed E-state index contributed by atoms with van der Waals surface area (Å²) in [4.78, 5) is 8.00. The molecule has 0 atom stereocenters. The number of hydrogen-bond donors (Lipinski definition) is 0. The lowest BCUT2D eigenvalue weighted by atomic mass is 10.2. The Morgan fingerprint density at radius 3 is 1.81 bits per heavy atom. The molecule has 1 aliphatic heterocycles. The fourth-order valence-electron chi connectivity index (χ4n) is 1.79. The van der Waals surface area contributed by atoms with Crippen LogP contribution in [0, 0.1) is 0 Å². The summed E-state index contributed by atoms with van der Waals surface area (Å²) >= 11 is 1.95. The van der Waals surface area contributed by atoms with Gasteiger partial charge in [0.05, 0.1) is 6.61 Å². The maximum absolute atomic E-state index is 13.7. The number of halogens is 11. The van der Waals surface area contributed by atoms with Crippen molar-refractivity contribution in [2.24, 2.45) is 0 Å². The minimum absolute atomic E-state index is 0.0764. The molecule has 0 saturated carbocycles. The lowest BCUT2D eigenvalue weighted by molar-refractivity contribution is -0.581. The third-order valence-corrected chi connectivity index (χ3v) is 3.82. The highest BCUT2D eigenvalue weighted by Gasteiger charge is 2.88. The van der Waals surface area contributed by atoms with E-state index in [1.165, 1.54) is 0 Å². The Kier molecular flexibility index (Phi) is 6.72. The second-order valence-electron chi connectivity index (χ2n) is 4.98. The van der Waals surface area contributed by atoms with Crippen molar-refractivity contribution in [1.82, 2.24) is 4.90 Å². The molecule has 4 nitrogen and oxygen atoms in total. The highest BCUT2D eigenvalue weighted by Crippen LogP contribution is 2.58. The van der Waals surface area contributed by atoms with Crippen molar-refractivity contribution in [3.63, 3.8) is 0 Å². The number of unbranched alkanes of at least 4 members (excludes halogenated alkanes) is 2. The van der Waals surface area contributed by atoms with Gasteiger partial charge >= 0.3 is 36.3 Å². The van der Waals surface area contributed by atoms with Crippen LogP contribution in [-0.4, -0.2) is 52.3 Å². The third kappa shape index (κ3) is 3.98. The average Bonchev–Trinajstić information content (AvgIpc) is 2.43. The Morgan fingerprint density at radius 1 is 0.923 bits per heavy atom. The number of alkyl halides is 11. The van der Waals surface area contributed by atoms with Gasteiger partial charge in [0, 0.05) is 0 Å². The Balaban J connectivity index is 3.14. The lowest BCUT2D eigenvalue weighted by Gasteiger charge is -2.48. The molecular weight excluding hydrogens is 511 g/mol. The van der Waals surface area contributed by atoms with Crippen molar-refractivity contribution < 1.29 is 58.2 Å². The van der Waals surface area contributed by atoms with E-state index in [1.54, 1.807) is 0 Å². The monoisotopic (exact) mass is 521 g/mol. The molecule has 0 spiro atoms. The minimum Gasteiger partial charge on any atom is -0.460 e. The van der Waals surface area contributed by atoms with Crippen molar-refractivity contribution in [3.05, 3.63) is 0 Å². The molecule has 1 fully saturated rings. The molecule has 0 aromatic carbocycles. The Hall–Kier alpha value is -0.580. The number of carbonyl (C=O) groups excluding carboxylic acids is 1. The van der Waals surface area contributed by atoms with Crippen LogP contribution < -0.4 is 0 Å². The lowest BCUT2D eigenvalue weighted by Crippen LogP contribution is -2.78. The number of esters is 1. The summed E-state index contributed by atoms with van der Waals surface area (Å²) in [6.07, 6.45) is -12.1. The van der Waals surface area contributed by atoms with Crippen LogP contribution in [0.1, 0.15) is 19.3 Å². The highest BCUT2D eigenvalue weighted by atomic mass is 127. The standard InChI is InChI=1S/C11H10F10INO3/c12-7(13,6(24)25-5-3-1-2-4-22)23-8(14,15)10(18,19)26-11(20,21)9(23,16)17/h1-5H2. The van der Waals surface area contributed by atoms with E-state index in [9.17, 15) is 48.7 Å². The zero-order valence-electron chi connectivity index (χ0n) is 12.4. The molecule has 1 saturated heterocycles. The largest absolute Gasteiger partial charge is 0.460 e. The number of nitrogens with zero attached hydrogens (tertiary/aromatic N) is 1. The molecule has 0 N–H and O–H groups in total. The molecule has 0 aromatic heterocycles. The van der Waals surface area contributed by atoms with Crippen LogP contribution in [0.15, 0.2) is 0 Å². The molecule has 0 amide bonds. The minimum atomic E-state index is -6.66. The van der Waals surface area contributed by atoms with E-state index in [-0.39, 0.29) is 6.42 Å². The zero-order chi connectivity index (χ0) is 20.6. The predicted octanol–water partition coefficient (Wildman–Crippen LogP) is 4.43. The number of carbonyl (C=O) groups is 1. The van der Waals surface area contributed by atoms with Gasteiger partial charge in [-0.05, 0) is 23.7 Å². The van der Waals surface area contributed by atoms with Gasteiger partial charge in [0.1, 0.15) is 0 Å². The van der Waals surface area contributed by atoms with Crippen LogP contribution in [0.5, 0.6) is 0 Å². The fraction of sp³-hybridized carbons (Fsp3) is 0.909. The van der Waals surface area contributed by atoms with E-state index in [1.807, 2.05) is 27.3 Å². The Bertz CT molecular complexity index is 504. The molecule has 154 valence electrons. The Labute approximate surface area is 152 Å². The number of rotatable bonds is 7. The van der Waals surface area contributed by atoms with E-state index < -0.39 is 47.8 Å². The summed E-state index contributed by atoms with van der Waals surface area (Å²) in [6.45, 7) is -0.848. The normalized spacial score (nSPS) is 24.3. The summed E-state index contributed by atoms with van der Waals surface area (Å²) in [5, 5.41) is 0. The summed E-state index contributed by atoms with van der Waals surface area (Å²) in [5.74, 6) is -3.11. The molecule has 0 aromatic rings. The van der Waals surface area contributed by atoms with Crippen LogP contribution in [0.4, 0.5) is 43.9 Å². The quantitative estimate of drug-likeness (QED) is 0.124. The summed E-state index contributed by atoms with van der Waals surface area (Å²) in [6, 6.07) is -19.5. The van der Waals surface area contributed by atoms with Crippen LogP contribution >= 0.6 is 22.6 Å². The van der Waals surface area contributed by atoms with Gasteiger partial charge in [0.25, 0.3) is 0 Å². The SMILES string of the molecule is O=C(OCCCCCI)C(F)(F)N1C(F)(F)C(F)(F)OC(F)(F)C1(F)F. The zero-order valence-corrected chi connectivity index (χ0v) is 14.5. The molecule has 0 bridgehead atoms. The summed E-state index contributed by atoms with van der Waals surface area (Å²) in [5.41, 5.74) is 0. The van der Waals surface area contributed by atoms with Crippen molar-refractivity contribution >= 4 is 28.6 Å². The first-order valence-corrected chi connectivity index (χ1v) is 8.21. The van der Waals surface area contributed by atoms with Crippen LogP contribution in [-0.2, 0) is 14.3 Å². The average molecular weight is 521 g/mol. The Morgan fingerprint density at radius 2 is 1.38 bits per heavy atom. The van der Waals surface area contributed by atoms with Gasteiger partial charge in [-0.1, -0.05) is 27.5 Å². The molecule has 0 radical (unpaired) electrons. The van der Waals surface area contributed by atoms with Crippen LogP contribution in [0.25, 0.3) is 0 Å². The van der Waals surface area contributed by atoms with Crippen molar-refractivity contribution in [2.45, 2.75) is 49.6 Å². The van der Waals surface area contributed by atoms with E-state index in [0.717, 1.165) is 0 Å². The van der Waals surface area contributed by atoms with Crippen molar-refractivity contribution in [3.8, 4) is 0 Å². The highest BCUT2D eigenvalue weighted by molar-refractivity contribution is 14.1. The molecule has 15 heteroatoms. The molecule has 1 rings (SSSR count). The molecular formula is C11H10F10INO3. The smallest absolute Gasteiger partial charge is 0.439 e. The van der Waals surface area contributed by atoms with E-state index >= 15 is 0 Å². The number of ether oxygens (including phenoxy) is 2. The van der Waals surface area contributed by atoms with Crippen molar-refractivity contribution in [2.75, 3.05) is 11.0 Å². The maximum atomic E-state index is 13.7. The molecule has 1 heterocycles. The van der Waals surface area contributed by atoms with Crippen LogP contribution in [0.2, 0.25) is 0 Å². The van der Waals surface area contributed by atoms with Gasteiger partial charge < -0.3 is 4.74 Å². The van der Waals surface area contributed by atoms with Gasteiger partial charge in [-0.2, -0.15) is 43.9 Å². The second kappa shape index (κ2) is 7.44. The predicted molar refractivity (Wildman–Crippen MR) is 71.4 cm³/mol. The van der Waals surface area contributed by atoms with Gasteiger partial charge in [0.2, 0.25) is 0 Å². The third-order valence-electron chi connectivity index (χ3n) is 3.06. The maximum Gasteiger partial charge on any atom is 0.439 e. The van der Waals surface area contributed by atoms with Crippen molar-refractivity contribution in [1.29, 1.82) is 0 Å². The van der Waals surface area contributed by atoms with Gasteiger partial charge in [-0.3, -0.25) is 0 Å². The summed E-state index contributed by atoms with van der Waals surface area (Å²) < 4.78 is 139. The van der Waals surface area contributed by atoms with Gasteiger partial charge in [-0.25, -0.2) is 9.53 Å².